The molecule has 1 aliphatic rings. The second-order valence-corrected chi connectivity index (χ2v) is 9.28. The first-order valence-electron chi connectivity index (χ1n) is 9.46. The summed E-state index contributed by atoms with van der Waals surface area (Å²) in [6.07, 6.45) is 4.73. The van der Waals surface area contributed by atoms with Gasteiger partial charge in [-0.2, -0.15) is 11.8 Å². The van der Waals surface area contributed by atoms with Gasteiger partial charge in [0, 0.05) is 25.4 Å². The highest BCUT2D eigenvalue weighted by Gasteiger charge is 2.40. The fourth-order valence-electron chi connectivity index (χ4n) is 3.33. The van der Waals surface area contributed by atoms with Crippen molar-refractivity contribution in [2.24, 2.45) is 11.8 Å². The summed E-state index contributed by atoms with van der Waals surface area (Å²) in [5, 5.41) is 28.4. The lowest BCUT2D eigenvalue weighted by Gasteiger charge is -2.19. The van der Waals surface area contributed by atoms with Crippen molar-refractivity contribution in [3.63, 3.8) is 0 Å². The van der Waals surface area contributed by atoms with Gasteiger partial charge in [-0.25, -0.2) is 0 Å². The maximum atomic E-state index is 12.4. The number of aliphatic hydroxyl groups is 2. The smallest absolute Gasteiger partial charge is 0.313 e. The molecule has 1 aliphatic carbocycles. The van der Waals surface area contributed by atoms with E-state index in [0.29, 0.717) is 12.8 Å². The van der Waals surface area contributed by atoms with Crippen LogP contribution in [-0.2, 0) is 16.0 Å². The Labute approximate surface area is 174 Å². The number of thioether (sulfide) groups is 2. The summed E-state index contributed by atoms with van der Waals surface area (Å²) in [7, 11) is 0. The molecule has 0 radical (unpaired) electrons. The third-order valence-electron chi connectivity index (χ3n) is 4.71. The summed E-state index contributed by atoms with van der Waals surface area (Å²) < 4.78 is 0. The molecular formula is C21H28O5S2. The lowest BCUT2D eigenvalue weighted by atomic mass is 9.95. The highest BCUT2D eigenvalue weighted by atomic mass is 32.2. The first-order chi connectivity index (χ1) is 13.5. The van der Waals surface area contributed by atoms with Crippen LogP contribution in [0, 0.1) is 11.8 Å². The summed E-state index contributed by atoms with van der Waals surface area (Å²) in [6, 6.07) is 9.74. The van der Waals surface area contributed by atoms with Gasteiger partial charge >= 0.3 is 5.97 Å². The van der Waals surface area contributed by atoms with E-state index in [1.165, 1.54) is 11.8 Å². The number of aliphatic carboxylic acids is 1. The summed E-state index contributed by atoms with van der Waals surface area (Å²) in [5.41, 5.74) is 1.05. The molecule has 7 heteroatoms. The number of allylic oxidation sites excluding steroid dienone is 1. The molecule has 3 N–H and O–H groups in total. The van der Waals surface area contributed by atoms with Crippen LogP contribution in [0.2, 0.25) is 0 Å². The molecule has 28 heavy (non-hydrogen) atoms. The van der Waals surface area contributed by atoms with Crippen LogP contribution in [0.1, 0.15) is 18.4 Å². The van der Waals surface area contributed by atoms with E-state index in [-0.39, 0.29) is 35.2 Å². The maximum absolute atomic E-state index is 12.4. The van der Waals surface area contributed by atoms with E-state index in [0.717, 1.165) is 23.5 Å². The number of carboxylic acids is 1. The van der Waals surface area contributed by atoms with Crippen LogP contribution < -0.4 is 0 Å². The van der Waals surface area contributed by atoms with Crippen molar-refractivity contribution in [2.45, 2.75) is 30.6 Å². The van der Waals surface area contributed by atoms with Crippen molar-refractivity contribution in [1.29, 1.82) is 0 Å². The number of benzene rings is 1. The molecule has 0 spiro atoms. The predicted molar refractivity (Wildman–Crippen MR) is 115 cm³/mol. The standard InChI is InChI=1S/C21H28O5S2/c22-13-16-12-19(24)21(28-10-4-9-27-14-20(25)26)18(16)8-7-17(23)11-15-5-2-1-3-6-15/h1-3,5-8,16-18,21-23H,4,9-14H2,(H,25,26)/b8-7+/t16-,17+,18-,21+/m0/s1. The highest BCUT2D eigenvalue weighted by molar-refractivity contribution is 8.01. The van der Waals surface area contributed by atoms with Gasteiger partial charge in [0.1, 0.15) is 5.78 Å². The second-order valence-electron chi connectivity index (χ2n) is 6.92. The molecule has 154 valence electrons. The first-order valence-corrected chi connectivity index (χ1v) is 11.7. The summed E-state index contributed by atoms with van der Waals surface area (Å²) >= 11 is 2.96. The number of hydrogen-bond acceptors (Lipinski definition) is 6. The molecule has 0 heterocycles. The Morgan fingerprint density at radius 3 is 2.68 bits per heavy atom. The van der Waals surface area contributed by atoms with Crippen LogP contribution in [0.5, 0.6) is 0 Å². The number of hydrogen-bond donors (Lipinski definition) is 3. The molecule has 0 aromatic heterocycles. The fourth-order valence-corrected chi connectivity index (χ4v) is 5.56. The lowest BCUT2D eigenvalue weighted by molar-refractivity contribution is -0.133. The summed E-state index contributed by atoms with van der Waals surface area (Å²) in [6.45, 7) is -0.0406. The summed E-state index contributed by atoms with van der Waals surface area (Å²) in [5.74, 6) is 0.775. The molecule has 1 aromatic carbocycles. The Morgan fingerprint density at radius 1 is 1.25 bits per heavy atom. The number of carbonyl (C=O) groups excluding carboxylic acids is 1. The minimum absolute atomic E-state index is 0.0406. The van der Waals surface area contributed by atoms with E-state index in [4.69, 9.17) is 5.11 Å². The largest absolute Gasteiger partial charge is 0.481 e. The van der Waals surface area contributed by atoms with E-state index >= 15 is 0 Å². The number of carbonyl (C=O) groups is 2. The number of ketones is 1. The van der Waals surface area contributed by atoms with Crippen molar-refractivity contribution in [3.05, 3.63) is 48.0 Å². The number of carboxylic acid groups (broad SMARTS) is 1. The quantitative estimate of drug-likeness (QED) is 0.351. The zero-order valence-corrected chi connectivity index (χ0v) is 17.4. The van der Waals surface area contributed by atoms with Gasteiger partial charge in [-0.3, -0.25) is 9.59 Å². The molecule has 0 amide bonds. The molecular weight excluding hydrogens is 396 g/mol. The Morgan fingerprint density at radius 2 is 2.00 bits per heavy atom. The Bertz CT molecular complexity index is 649. The van der Waals surface area contributed by atoms with Crippen LogP contribution in [0.25, 0.3) is 0 Å². The van der Waals surface area contributed by atoms with Gasteiger partial charge in [0.2, 0.25) is 0 Å². The maximum Gasteiger partial charge on any atom is 0.313 e. The van der Waals surface area contributed by atoms with Gasteiger partial charge in [-0.15, -0.1) is 11.8 Å². The Kier molecular flexibility index (Phi) is 10.1. The van der Waals surface area contributed by atoms with Crippen LogP contribution in [0.4, 0.5) is 0 Å². The van der Waals surface area contributed by atoms with Crippen molar-refractivity contribution in [3.8, 4) is 0 Å². The minimum Gasteiger partial charge on any atom is -0.481 e. The second kappa shape index (κ2) is 12.3. The number of Topliss-reactive ketones (excluding diaryl/α,β-unsaturated/α-hetero) is 1. The van der Waals surface area contributed by atoms with Crippen LogP contribution >= 0.6 is 23.5 Å². The summed E-state index contributed by atoms with van der Waals surface area (Å²) in [4.78, 5) is 22.9. The average Bonchev–Trinajstić information content (AvgIpc) is 2.98. The SMILES string of the molecule is O=C(O)CSCCCS[C@H]1C(=O)C[C@@H](CO)[C@@H]1/C=C/[C@@H](O)Cc1ccccc1. The Balaban J connectivity index is 1.86. The van der Waals surface area contributed by atoms with Crippen LogP contribution in [0.3, 0.4) is 0 Å². The molecule has 4 atom stereocenters. The van der Waals surface area contributed by atoms with E-state index < -0.39 is 12.1 Å². The van der Waals surface area contributed by atoms with Gasteiger partial charge in [-0.1, -0.05) is 42.5 Å². The van der Waals surface area contributed by atoms with Gasteiger partial charge in [0.15, 0.2) is 0 Å². The van der Waals surface area contributed by atoms with Gasteiger partial charge in [-0.05, 0) is 29.4 Å². The van der Waals surface area contributed by atoms with Crippen molar-refractivity contribution in [2.75, 3.05) is 23.9 Å². The molecule has 0 aliphatic heterocycles. The molecule has 2 rings (SSSR count). The zero-order chi connectivity index (χ0) is 20.4. The monoisotopic (exact) mass is 424 g/mol. The third-order valence-corrected chi connectivity index (χ3v) is 7.20. The first kappa shape index (κ1) is 23.0. The Hall–Kier alpha value is -1.28. The van der Waals surface area contributed by atoms with Gasteiger partial charge in [0.05, 0.1) is 17.1 Å². The molecule has 0 saturated heterocycles. The van der Waals surface area contributed by atoms with Crippen molar-refractivity contribution < 1.29 is 24.9 Å². The lowest BCUT2D eigenvalue weighted by Crippen LogP contribution is -2.21. The number of aliphatic hydroxyl groups excluding tert-OH is 2. The van der Waals surface area contributed by atoms with Crippen LogP contribution in [-0.4, -0.2) is 62.3 Å². The molecule has 5 nitrogen and oxygen atoms in total. The van der Waals surface area contributed by atoms with Crippen LogP contribution in [0.15, 0.2) is 42.5 Å². The molecule has 0 unspecified atom stereocenters. The normalized spacial score (nSPS) is 23.4. The molecule has 0 bridgehead atoms. The average molecular weight is 425 g/mol. The topological polar surface area (TPSA) is 94.8 Å². The van der Waals surface area contributed by atoms with Crippen molar-refractivity contribution >= 4 is 35.3 Å². The van der Waals surface area contributed by atoms with E-state index in [1.54, 1.807) is 17.8 Å². The molecule has 1 fully saturated rings. The molecule has 1 aromatic rings. The van der Waals surface area contributed by atoms with Gasteiger partial charge in [0.25, 0.3) is 0 Å². The van der Waals surface area contributed by atoms with E-state index in [1.807, 2.05) is 36.4 Å². The number of rotatable bonds is 12. The highest BCUT2D eigenvalue weighted by Crippen LogP contribution is 2.38. The third kappa shape index (κ3) is 7.62. The van der Waals surface area contributed by atoms with E-state index in [9.17, 15) is 19.8 Å². The van der Waals surface area contributed by atoms with Crippen molar-refractivity contribution in [1.82, 2.24) is 0 Å². The van der Waals surface area contributed by atoms with Gasteiger partial charge < -0.3 is 15.3 Å². The predicted octanol–water partition coefficient (Wildman–Crippen LogP) is 2.65. The minimum atomic E-state index is -0.811. The van der Waals surface area contributed by atoms with E-state index in [2.05, 4.69) is 0 Å². The zero-order valence-electron chi connectivity index (χ0n) is 15.8. The fraction of sp³-hybridized carbons (Fsp3) is 0.524. The molecule has 1 saturated carbocycles.